The summed E-state index contributed by atoms with van der Waals surface area (Å²) < 4.78 is 5.65. The van der Waals surface area contributed by atoms with Gasteiger partial charge in [-0.15, -0.1) is 0 Å². The zero-order chi connectivity index (χ0) is 16.8. The predicted molar refractivity (Wildman–Crippen MR) is 94.2 cm³/mol. The van der Waals surface area contributed by atoms with Gasteiger partial charge < -0.3 is 4.74 Å². The van der Waals surface area contributed by atoms with Crippen molar-refractivity contribution in [1.29, 1.82) is 0 Å². The normalized spacial score (nSPS) is 10.5. The molecule has 0 aliphatic carbocycles. The maximum Gasteiger partial charge on any atom is 0.225 e. The van der Waals surface area contributed by atoms with E-state index in [4.69, 9.17) is 4.74 Å². The second-order valence-electron chi connectivity index (χ2n) is 6.04. The van der Waals surface area contributed by atoms with Crippen molar-refractivity contribution in [2.75, 3.05) is 6.61 Å². The quantitative estimate of drug-likeness (QED) is 0.200. The first-order valence-electron chi connectivity index (χ1n) is 9.00. The van der Waals surface area contributed by atoms with E-state index < -0.39 is 5.78 Å². The lowest BCUT2D eigenvalue weighted by molar-refractivity contribution is -0.104. The fourth-order valence-corrected chi connectivity index (χ4v) is 2.56. The molecule has 0 heterocycles. The largest absolute Gasteiger partial charge is 0.494 e. The van der Waals surface area contributed by atoms with Crippen LogP contribution in [-0.2, 0) is 4.79 Å². The molecular formula is C20H30O3. The van der Waals surface area contributed by atoms with Gasteiger partial charge in [0.1, 0.15) is 5.75 Å². The summed E-state index contributed by atoms with van der Waals surface area (Å²) in [5.41, 5.74) is 0.409. The summed E-state index contributed by atoms with van der Waals surface area (Å²) in [7, 11) is 0. The van der Waals surface area contributed by atoms with Crippen molar-refractivity contribution in [3.8, 4) is 5.75 Å². The van der Waals surface area contributed by atoms with Gasteiger partial charge in [-0.25, -0.2) is 0 Å². The summed E-state index contributed by atoms with van der Waals surface area (Å²) in [6.07, 6.45) is 13.4. The Balaban J connectivity index is 1.98. The van der Waals surface area contributed by atoms with Crippen LogP contribution >= 0.6 is 0 Å². The van der Waals surface area contributed by atoms with E-state index in [1.165, 1.54) is 57.8 Å². The lowest BCUT2D eigenvalue weighted by Crippen LogP contribution is -2.01. The highest BCUT2D eigenvalue weighted by molar-refractivity contribution is 6.33. The molecular weight excluding hydrogens is 288 g/mol. The summed E-state index contributed by atoms with van der Waals surface area (Å²) in [5.74, 6) is 0.259. The number of ether oxygens (including phenoxy) is 1. The van der Waals surface area contributed by atoms with Crippen LogP contribution in [0.5, 0.6) is 5.75 Å². The van der Waals surface area contributed by atoms with Gasteiger partial charge in [-0.05, 0) is 30.7 Å². The highest BCUT2D eigenvalue weighted by Gasteiger charge is 2.03. The molecule has 0 aliphatic heterocycles. The Labute approximate surface area is 140 Å². The number of carbonyl (C=O) groups is 2. The van der Waals surface area contributed by atoms with Crippen LogP contribution in [0.25, 0.3) is 0 Å². The molecule has 0 saturated carbocycles. The summed E-state index contributed by atoms with van der Waals surface area (Å²) >= 11 is 0. The van der Waals surface area contributed by atoms with Crippen LogP contribution < -0.4 is 4.74 Å². The maximum absolute atomic E-state index is 11.2. The van der Waals surface area contributed by atoms with Crippen LogP contribution in [0, 0.1) is 0 Å². The minimum Gasteiger partial charge on any atom is -0.494 e. The van der Waals surface area contributed by atoms with Gasteiger partial charge in [0.2, 0.25) is 5.78 Å². The Hall–Kier alpha value is -1.64. The molecule has 1 aromatic carbocycles. The van der Waals surface area contributed by atoms with E-state index in [9.17, 15) is 9.59 Å². The van der Waals surface area contributed by atoms with Crippen LogP contribution in [0.1, 0.15) is 81.5 Å². The van der Waals surface area contributed by atoms with Crippen molar-refractivity contribution in [2.45, 2.75) is 71.1 Å². The average Bonchev–Trinajstić information content (AvgIpc) is 2.59. The number of hydrogen-bond donors (Lipinski definition) is 0. The lowest BCUT2D eigenvalue weighted by Gasteiger charge is -2.06. The number of benzene rings is 1. The topological polar surface area (TPSA) is 43.4 Å². The van der Waals surface area contributed by atoms with Crippen molar-refractivity contribution in [3.63, 3.8) is 0 Å². The van der Waals surface area contributed by atoms with E-state index in [2.05, 4.69) is 6.92 Å². The lowest BCUT2D eigenvalue weighted by atomic mass is 10.1. The maximum atomic E-state index is 11.2. The zero-order valence-corrected chi connectivity index (χ0v) is 14.4. The summed E-state index contributed by atoms with van der Waals surface area (Å²) in [4.78, 5) is 21.6. The molecule has 1 rings (SSSR count). The summed E-state index contributed by atoms with van der Waals surface area (Å²) in [6, 6.07) is 6.75. The number of unbranched alkanes of at least 4 members (excludes halogenated alkanes) is 9. The first-order chi connectivity index (χ1) is 11.3. The third-order valence-electron chi connectivity index (χ3n) is 4.01. The van der Waals surface area contributed by atoms with Crippen LogP contribution in [0.3, 0.4) is 0 Å². The summed E-state index contributed by atoms with van der Waals surface area (Å²) in [6.45, 7) is 2.96. The molecule has 0 bridgehead atoms. The number of hydrogen-bond acceptors (Lipinski definition) is 3. The van der Waals surface area contributed by atoms with Crippen LogP contribution in [-0.4, -0.2) is 18.7 Å². The minimum atomic E-state index is -0.494. The smallest absolute Gasteiger partial charge is 0.225 e. The first kappa shape index (κ1) is 19.4. The molecule has 0 fully saturated rings. The second-order valence-corrected chi connectivity index (χ2v) is 6.04. The predicted octanol–water partition coefficient (Wildman–Crippen LogP) is 5.37. The van der Waals surface area contributed by atoms with Crippen molar-refractivity contribution in [3.05, 3.63) is 29.8 Å². The number of rotatable bonds is 14. The highest BCUT2D eigenvalue weighted by atomic mass is 16.5. The molecule has 0 unspecified atom stereocenters. The van der Waals surface area contributed by atoms with Crippen LogP contribution in [0.2, 0.25) is 0 Å². The van der Waals surface area contributed by atoms with Crippen LogP contribution in [0.4, 0.5) is 0 Å². The van der Waals surface area contributed by atoms with Crippen molar-refractivity contribution in [2.24, 2.45) is 0 Å². The van der Waals surface area contributed by atoms with Crippen molar-refractivity contribution < 1.29 is 14.3 Å². The van der Waals surface area contributed by atoms with Gasteiger partial charge >= 0.3 is 0 Å². The molecule has 0 aromatic heterocycles. The SMILES string of the molecule is CCCCCCCCCCCCOc1ccc(C(=O)C=O)cc1. The molecule has 0 aliphatic rings. The number of carbonyl (C=O) groups excluding carboxylic acids is 2. The van der Waals surface area contributed by atoms with Crippen molar-refractivity contribution >= 4 is 12.1 Å². The van der Waals surface area contributed by atoms with Gasteiger partial charge in [-0.1, -0.05) is 64.7 Å². The standard InChI is InChI=1S/C20H30O3/c1-2-3-4-5-6-7-8-9-10-11-16-23-19-14-12-18(13-15-19)20(22)17-21/h12-15,17H,2-11,16H2,1H3. The minimum absolute atomic E-state index is 0.333. The Morgan fingerprint density at radius 3 is 1.91 bits per heavy atom. The van der Waals surface area contributed by atoms with Crippen molar-refractivity contribution in [1.82, 2.24) is 0 Å². The van der Waals surface area contributed by atoms with Gasteiger partial charge in [-0.2, -0.15) is 0 Å². The molecule has 3 heteroatoms. The number of aldehydes is 1. The Bertz CT molecular complexity index is 437. The Morgan fingerprint density at radius 2 is 1.39 bits per heavy atom. The average molecular weight is 318 g/mol. The third-order valence-corrected chi connectivity index (χ3v) is 4.01. The van der Waals surface area contributed by atoms with E-state index in [1.807, 2.05) is 0 Å². The first-order valence-corrected chi connectivity index (χ1v) is 9.00. The summed E-state index contributed by atoms with van der Waals surface area (Å²) in [5, 5.41) is 0. The zero-order valence-electron chi connectivity index (χ0n) is 14.4. The number of ketones is 1. The van der Waals surface area contributed by atoms with E-state index in [1.54, 1.807) is 24.3 Å². The molecule has 3 nitrogen and oxygen atoms in total. The Morgan fingerprint density at radius 1 is 0.870 bits per heavy atom. The molecule has 0 radical (unpaired) electrons. The molecule has 0 saturated heterocycles. The number of Topliss-reactive ketones (excluding diaryl/α,β-unsaturated/α-hetero) is 1. The second kappa shape index (κ2) is 12.9. The fraction of sp³-hybridized carbons (Fsp3) is 0.600. The molecule has 0 N–H and O–H groups in total. The van der Waals surface area contributed by atoms with E-state index in [0.29, 0.717) is 18.5 Å². The van der Waals surface area contributed by atoms with Gasteiger partial charge in [0.15, 0.2) is 6.29 Å². The van der Waals surface area contributed by atoms with Gasteiger partial charge in [-0.3, -0.25) is 9.59 Å². The molecule has 0 amide bonds. The highest BCUT2D eigenvalue weighted by Crippen LogP contribution is 2.14. The molecule has 128 valence electrons. The van der Waals surface area contributed by atoms with E-state index in [0.717, 1.165) is 12.2 Å². The Kier molecular flexibility index (Phi) is 10.9. The van der Waals surface area contributed by atoms with Gasteiger partial charge in [0, 0.05) is 5.56 Å². The van der Waals surface area contributed by atoms with E-state index in [-0.39, 0.29) is 0 Å². The monoisotopic (exact) mass is 318 g/mol. The van der Waals surface area contributed by atoms with Gasteiger partial charge in [0.25, 0.3) is 0 Å². The molecule has 0 spiro atoms. The molecule has 0 atom stereocenters. The molecule has 23 heavy (non-hydrogen) atoms. The van der Waals surface area contributed by atoms with Gasteiger partial charge in [0.05, 0.1) is 6.61 Å². The third kappa shape index (κ3) is 9.17. The van der Waals surface area contributed by atoms with Crippen LogP contribution in [0.15, 0.2) is 24.3 Å². The molecule has 1 aromatic rings. The fourth-order valence-electron chi connectivity index (χ4n) is 2.56. The van der Waals surface area contributed by atoms with E-state index >= 15 is 0 Å².